The first kappa shape index (κ1) is 30.7. The van der Waals surface area contributed by atoms with Gasteiger partial charge in [0.05, 0.1) is 17.8 Å². The van der Waals surface area contributed by atoms with E-state index in [0.717, 1.165) is 89.9 Å². The lowest BCUT2D eigenvalue weighted by atomic mass is 9.67. The first-order chi connectivity index (χ1) is 20.9. The van der Waals surface area contributed by atoms with E-state index in [9.17, 15) is 19.5 Å². The molecule has 6 nitrogen and oxygen atoms in total. The number of carbonyl (C=O) groups excluding carboxylic acids is 3. The van der Waals surface area contributed by atoms with Crippen molar-refractivity contribution >= 4 is 17.3 Å². The number of ether oxygens (including phenoxy) is 2. The van der Waals surface area contributed by atoms with Gasteiger partial charge in [-0.1, -0.05) is 24.3 Å². The van der Waals surface area contributed by atoms with E-state index in [2.05, 4.69) is 0 Å². The van der Waals surface area contributed by atoms with E-state index in [-0.39, 0.29) is 46.8 Å². The molecule has 0 aromatic carbocycles. The molecule has 0 saturated heterocycles. The second kappa shape index (κ2) is 13.4. The lowest BCUT2D eigenvalue weighted by molar-refractivity contribution is -0.317. The zero-order valence-electron chi connectivity index (χ0n) is 26.0. The highest BCUT2D eigenvalue weighted by Crippen LogP contribution is 2.49. The van der Waals surface area contributed by atoms with Crippen molar-refractivity contribution in [3.63, 3.8) is 0 Å². The number of hydrogen-bond donors (Lipinski definition) is 0. The molecular formula is C37H49O6-. The van der Waals surface area contributed by atoms with E-state index < -0.39 is 0 Å². The Balaban J connectivity index is 1.04. The SMILES string of the molecule is COC1CCC(C2CCC3C(=O)C(=CC=CC=CC4=C([O-])C5CC(C6CCC(OC)CC6)CCC5C4=O)C(=O)C3C2)CC1. The number of hydrogen-bond acceptors (Lipinski definition) is 6. The summed E-state index contributed by atoms with van der Waals surface area (Å²) in [6, 6.07) is 0. The molecule has 6 aliphatic carbocycles. The lowest BCUT2D eigenvalue weighted by Gasteiger charge is -2.40. The molecule has 6 unspecified atom stereocenters. The maximum absolute atomic E-state index is 13.3. The molecule has 234 valence electrons. The Morgan fingerprint density at radius 2 is 1.05 bits per heavy atom. The Kier molecular flexibility index (Phi) is 9.54. The number of carbonyl (C=O) groups is 3. The quantitative estimate of drug-likeness (QED) is 0.210. The van der Waals surface area contributed by atoms with Gasteiger partial charge in [-0.05, 0) is 126 Å². The van der Waals surface area contributed by atoms with Crippen LogP contribution in [0.1, 0.15) is 89.9 Å². The summed E-state index contributed by atoms with van der Waals surface area (Å²) in [7, 11) is 3.58. The second-order valence-electron chi connectivity index (χ2n) is 14.3. The van der Waals surface area contributed by atoms with Crippen LogP contribution < -0.4 is 5.11 Å². The van der Waals surface area contributed by atoms with Crippen LogP contribution in [-0.4, -0.2) is 43.8 Å². The largest absolute Gasteiger partial charge is 0.875 e. The molecule has 6 aliphatic rings. The minimum atomic E-state index is -0.173. The van der Waals surface area contributed by atoms with E-state index in [1.165, 1.54) is 0 Å². The van der Waals surface area contributed by atoms with Crippen molar-refractivity contribution in [3.8, 4) is 0 Å². The van der Waals surface area contributed by atoms with Crippen LogP contribution in [0.5, 0.6) is 0 Å². The summed E-state index contributed by atoms with van der Waals surface area (Å²) >= 11 is 0. The normalized spacial score (nSPS) is 41.5. The monoisotopic (exact) mass is 589 g/mol. The first-order valence-corrected chi connectivity index (χ1v) is 17.0. The average Bonchev–Trinajstić information content (AvgIpc) is 3.43. The molecule has 0 spiro atoms. The topological polar surface area (TPSA) is 92.7 Å². The third kappa shape index (κ3) is 6.16. The minimum Gasteiger partial charge on any atom is -0.875 e. The molecule has 0 radical (unpaired) electrons. The van der Waals surface area contributed by atoms with Gasteiger partial charge in [0.1, 0.15) is 0 Å². The molecule has 6 heteroatoms. The van der Waals surface area contributed by atoms with Crippen LogP contribution >= 0.6 is 0 Å². The van der Waals surface area contributed by atoms with Crippen molar-refractivity contribution in [3.05, 3.63) is 47.3 Å². The van der Waals surface area contributed by atoms with Gasteiger partial charge in [-0.25, -0.2) is 0 Å². The van der Waals surface area contributed by atoms with Gasteiger partial charge in [-0.15, -0.1) is 5.76 Å². The van der Waals surface area contributed by atoms with Gasteiger partial charge < -0.3 is 14.6 Å². The molecule has 0 aromatic heterocycles. The molecule has 5 saturated carbocycles. The average molecular weight is 590 g/mol. The van der Waals surface area contributed by atoms with Crippen LogP contribution in [0.2, 0.25) is 0 Å². The zero-order valence-corrected chi connectivity index (χ0v) is 26.0. The highest BCUT2D eigenvalue weighted by atomic mass is 16.5. The van der Waals surface area contributed by atoms with Crippen LogP contribution in [0, 0.1) is 47.3 Å². The van der Waals surface area contributed by atoms with Crippen molar-refractivity contribution in [2.45, 2.75) is 102 Å². The van der Waals surface area contributed by atoms with Gasteiger partial charge in [0.15, 0.2) is 17.3 Å². The summed E-state index contributed by atoms with van der Waals surface area (Å²) in [5.74, 6) is 1.64. The molecule has 0 heterocycles. The van der Waals surface area contributed by atoms with Gasteiger partial charge in [0.2, 0.25) is 0 Å². The van der Waals surface area contributed by atoms with Crippen LogP contribution in [-0.2, 0) is 23.9 Å². The first-order valence-electron chi connectivity index (χ1n) is 17.0. The predicted molar refractivity (Wildman–Crippen MR) is 163 cm³/mol. The maximum Gasteiger partial charge on any atom is 0.170 e. The maximum atomic E-state index is 13.3. The molecule has 6 atom stereocenters. The van der Waals surface area contributed by atoms with Gasteiger partial charge in [-0.3, -0.25) is 14.4 Å². The fraction of sp³-hybridized carbons (Fsp3) is 0.703. The van der Waals surface area contributed by atoms with Crippen LogP contribution in [0.4, 0.5) is 0 Å². The Morgan fingerprint density at radius 3 is 1.60 bits per heavy atom. The minimum absolute atomic E-state index is 0.00349. The summed E-state index contributed by atoms with van der Waals surface area (Å²) in [5.41, 5.74) is 0.640. The van der Waals surface area contributed by atoms with Crippen LogP contribution in [0.15, 0.2) is 47.3 Å². The zero-order chi connectivity index (χ0) is 30.1. The van der Waals surface area contributed by atoms with E-state index in [1.54, 1.807) is 44.6 Å². The number of allylic oxidation sites excluding steroid dienone is 8. The number of fused-ring (bicyclic) bond motifs is 2. The number of Topliss-reactive ketones (excluding diaryl/α,β-unsaturated/α-hetero) is 3. The van der Waals surface area contributed by atoms with E-state index >= 15 is 0 Å². The highest BCUT2D eigenvalue weighted by Gasteiger charge is 2.49. The smallest absolute Gasteiger partial charge is 0.170 e. The summed E-state index contributed by atoms with van der Waals surface area (Å²) in [4.78, 5) is 39.6. The molecule has 6 rings (SSSR count). The Hall–Kier alpha value is -2.31. The van der Waals surface area contributed by atoms with Crippen molar-refractivity contribution < 1.29 is 29.0 Å². The molecule has 5 fully saturated rings. The van der Waals surface area contributed by atoms with Crippen molar-refractivity contribution in [2.75, 3.05) is 14.2 Å². The highest BCUT2D eigenvalue weighted by molar-refractivity contribution is 6.27. The van der Waals surface area contributed by atoms with Gasteiger partial charge in [0.25, 0.3) is 0 Å². The van der Waals surface area contributed by atoms with Crippen LogP contribution in [0.25, 0.3) is 0 Å². The number of methoxy groups -OCH3 is 2. The Bertz CT molecular complexity index is 1190. The fourth-order valence-corrected chi connectivity index (χ4v) is 9.80. The standard InChI is InChI=1S/C37H50O6/c1-42-26-14-8-22(9-15-26)24-12-18-28-32(20-24)36(40)30(34(28)38)6-4-3-5-7-31-35(39)29-19-13-25(21-33(29)37(31)41)23-10-16-27(43-2)17-11-23/h3-7,22-29,32-33,40H,8-21H2,1-2H3/p-1. The number of rotatable bonds is 7. The Morgan fingerprint density at radius 1 is 0.558 bits per heavy atom. The van der Waals surface area contributed by atoms with Crippen molar-refractivity contribution in [1.82, 2.24) is 0 Å². The molecule has 0 aromatic rings. The summed E-state index contributed by atoms with van der Waals surface area (Å²) < 4.78 is 11.1. The lowest BCUT2D eigenvalue weighted by Crippen LogP contribution is -2.34. The predicted octanol–water partition coefficient (Wildman–Crippen LogP) is 5.85. The van der Waals surface area contributed by atoms with E-state index in [1.807, 2.05) is 0 Å². The third-order valence-corrected chi connectivity index (χ3v) is 12.4. The molecule has 0 bridgehead atoms. The van der Waals surface area contributed by atoms with Gasteiger partial charge >= 0.3 is 0 Å². The second-order valence-corrected chi connectivity index (χ2v) is 14.3. The van der Waals surface area contributed by atoms with Crippen molar-refractivity contribution in [1.29, 1.82) is 0 Å². The number of ketones is 3. The van der Waals surface area contributed by atoms with Gasteiger partial charge in [0, 0.05) is 37.5 Å². The summed E-state index contributed by atoms with van der Waals surface area (Å²) in [6.45, 7) is 0. The van der Waals surface area contributed by atoms with Crippen LogP contribution in [0.3, 0.4) is 0 Å². The fourth-order valence-electron chi connectivity index (χ4n) is 9.80. The molecule has 0 N–H and O–H groups in total. The third-order valence-electron chi connectivity index (χ3n) is 12.4. The summed E-state index contributed by atoms with van der Waals surface area (Å²) in [5, 5.41) is 13.3. The van der Waals surface area contributed by atoms with Crippen molar-refractivity contribution in [2.24, 2.45) is 47.3 Å². The summed E-state index contributed by atoms with van der Waals surface area (Å²) in [6.07, 6.45) is 23.6. The molecular weight excluding hydrogens is 540 g/mol. The molecule has 0 aliphatic heterocycles. The molecule has 43 heavy (non-hydrogen) atoms. The van der Waals surface area contributed by atoms with E-state index in [0.29, 0.717) is 47.0 Å². The molecule has 0 amide bonds. The van der Waals surface area contributed by atoms with Gasteiger partial charge in [-0.2, -0.15) is 0 Å². The van der Waals surface area contributed by atoms with E-state index in [4.69, 9.17) is 9.47 Å². The Labute approximate surface area is 257 Å².